The second-order valence-corrected chi connectivity index (χ2v) is 12.8. The number of nitrogens with zero attached hydrogens (tertiary/aromatic N) is 7. The summed E-state index contributed by atoms with van der Waals surface area (Å²) in [6.45, 7) is 4.11. The molecule has 0 amide bonds. The molecule has 0 saturated carbocycles. The number of rotatable bonds is 6. The lowest BCUT2D eigenvalue weighted by Gasteiger charge is -2.09. The number of amidine groups is 2. The summed E-state index contributed by atoms with van der Waals surface area (Å²) in [4.78, 5) is 33.2. The van der Waals surface area contributed by atoms with Gasteiger partial charge >= 0.3 is 0 Å². The summed E-state index contributed by atoms with van der Waals surface area (Å²) in [7, 11) is 0. The van der Waals surface area contributed by atoms with Gasteiger partial charge in [0.1, 0.15) is 5.82 Å². The van der Waals surface area contributed by atoms with Crippen molar-refractivity contribution in [1.29, 1.82) is 0 Å². The van der Waals surface area contributed by atoms with Crippen LogP contribution in [0, 0.1) is 5.82 Å². The smallest absolute Gasteiger partial charge is 0.161 e. The molecule has 5 aromatic carbocycles. The minimum Gasteiger partial charge on any atom is -0.261 e. The number of benzene rings is 5. The van der Waals surface area contributed by atoms with Crippen LogP contribution in [0.5, 0.6) is 0 Å². The molecular weight excluding hydrogens is 670 g/mol. The van der Waals surface area contributed by atoms with Crippen LogP contribution in [0.1, 0.15) is 16.7 Å². The zero-order chi connectivity index (χ0) is 36.4. The van der Waals surface area contributed by atoms with E-state index >= 15 is 0 Å². The molecule has 4 aromatic heterocycles. The quantitative estimate of drug-likeness (QED) is 0.0982. The van der Waals surface area contributed by atoms with E-state index < -0.39 is 0 Å². The fourth-order valence-corrected chi connectivity index (χ4v) is 6.59. The molecular formula is C46H30FN7. The van der Waals surface area contributed by atoms with Crippen LogP contribution in [-0.4, -0.2) is 38.3 Å². The van der Waals surface area contributed by atoms with Gasteiger partial charge in [-0.1, -0.05) is 97.1 Å². The maximum Gasteiger partial charge on any atom is 0.161 e. The second kappa shape index (κ2) is 14.0. The summed E-state index contributed by atoms with van der Waals surface area (Å²) in [5.74, 6) is 0.466. The van der Waals surface area contributed by atoms with Crippen LogP contribution in [0.15, 0.2) is 173 Å². The Morgan fingerprint density at radius 1 is 0.500 bits per heavy atom. The number of fused-ring (bicyclic) bond motifs is 6. The van der Waals surface area contributed by atoms with E-state index in [9.17, 15) is 4.39 Å². The first-order chi connectivity index (χ1) is 26.6. The van der Waals surface area contributed by atoms with Crippen LogP contribution in [0.3, 0.4) is 0 Å². The normalized spacial score (nSPS) is 12.2. The number of halogens is 1. The number of aromatic nitrogens is 4. The molecule has 0 fully saturated rings. The molecule has 0 radical (unpaired) electrons. The lowest BCUT2D eigenvalue weighted by atomic mass is 10.1. The summed E-state index contributed by atoms with van der Waals surface area (Å²) in [5, 5.41) is 4.18. The lowest BCUT2D eigenvalue weighted by molar-refractivity contribution is 0.628. The maximum atomic E-state index is 13.8. The van der Waals surface area contributed by atoms with Gasteiger partial charge in [-0.15, -0.1) is 0 Å². The second-order valence-electron chi connectivity index (χ2n) is 12.8. The van der Waals surface area contributed by atoms with Gasteiger partial charge in [-0.05, 0) is 60.8 Å². The van der Waals surface area contributed by atoms with Gasteiger partial charge in [0.15, 0.2) is 11.7 Å². The third-order valence-corrected chi connectivity index (χ3v) is 9.43. The van der Waals surface area contributed by atoms with E-state index in [1.807, 2.05) is 72.8 Å². The molecule has 0 bridgehead atoms. The summed E-state index contributed by atoms with van der Waals surface area (Å²) in [6, 6.07) is 46.6. The van der Waals surface area contributed by atoms with Crippen molar-refractivity contribution in [3.63, 3.8) is 0 Å². The van der Waals surface area contributed by atoms with Crippen molar-refractivity contribution in [1.82, 2.24) is 19.9 Å². The van der Waals surface area contributed by atoms with Crippen molar-refractivity contribution in [3.05, 3.63) is 180 Å². The molecule has 0 N–H and O–H groups in total. The number of pyridine rings is 4. The summed E-state index contributed by atoms with van der Waals surface area (Å²) in [6.07, 6.45) is 3.59. The molecule has 9 aromatic rings. The monoisotopic (exact) mass is 699 g/mol. The zero-order valence-corrected chi connectivity index (χ0v) is 28.9. The first-order valence-corrected chi connectivity index (χ1v) is 17.4. The Bertz CT molecular complexity index is 2920. The van der Waals surface area contributed by atoms with Gasteiger partial charge in [-0.2, -0.15) is 0 Å². The number of hydrogen-bond acceptors (Lipinski definition) is 5. The minimum absolute atomic E-state index is 0.341. The van der Waals surface area contributed by atoms with E-state index in [-0.39, 0.29) is 5.82 Å². The van der Waals surface area contributed by atoms with Gasteiger partial charge in [-0.25, -0.2) is 24.3 Å². The molecule has 7 nitrogen and oxygen atoms in total. The van der Waals surface area contributed by atoms with Crippen molar-refractivity contribution in [2.45, 2.75) is 6.54 Å². The van der Waals surface area contributed by atoms with E-state index in [2.05, 4.69) is 70.2 Å². The van der Waals surface area contributed by atoms with Gasteiger partial charge in [0.05, 0.1) is 40.0 Å². The Kier molecular flexibility index (Phi) is 8.45. The molecule has 0 aliphatic carbocycles. The standard InChI is InChI=1S/C46H30FN7/c1-48-45(36-18-22-38(47)23-19-36)54-46(37-16-10-31(11-17-37)40-25-21-35-15-13-33-5-3-27-50-42(33)44(35)53-40)51-28-29-6-8-30(9-7-29)39-24-20-34-14-12-32-4-2-26-49-41(32)43(34)52-39/h2-27H,1,28H2/b51-46-,54-45-. The fraction of sp³-hybridized carbons (Fsp3) is 0.0217. The maximum absolute atomic E-state index is 13.8. The van der Waals surface area contributed by atoms with Gasteiger partial charge < -0.3 is 0 Å². The molecule has 0 saturated heterocycles. The Morgan fingerprint density at radius 3 is 1.50 bits per heavy atom. The van der Waals surface area contributed by atoms with E-state index in [4.69, 9.17) is 20.0 Å². The van der Waals surface area contributed by atoms with E-state index in [0.717, 1.165) is 77.3 Å². The molecule has 9 rings (SSSR count). The van der Waals surface area contributed by atoms with Crippen LogP contribution in [0.2, 0.25) is 0 Å². The molecule has 4 heterocycles. The average Bonchev–Trinajstić information content (AvgIpc) is 3.24. The molecule has 54 heavy (non-hydrogen) atoms. The Morgan fingerprint density at radius 2 is 0.963 bits per heavy atom. The van der Waals surface area contributed by atoms with E-state index in [1.54, 1.807) is 24.5 Å². The summed E-state index contributed by atoms with van der Waals surface area (Å²) < 4.78 is 13.8. The van der Waals surface area contributed by atoms with E-state index in [0.29, 0.717) is 23.8 Å². The van der Waals surface area contributed by atoms with Crippen molar-refractivity contribution < 1.29 is 4.39 Å². The van der Waals surface area contributed by atoms with Crippen LogP contribution in [0.4, 0.5) is 4.39 Å². The van der Waals surface area contributed by atoms with E-state index in [1.165, 1.54) is 12.1 Å². The van der Waals surface area contributed by atoms with Gasteiger partial charge in [0.25, 0.3) is 0 Å². The SMILES string of the molecule is C=N/C(=N\C(=N/Cc1ccc(-c2ccc3ccc4cccnc4c3n2)cc1)c1ccc(-c2ccc3ccc4cccnc4c3n2)cc1)c1ccc(F)cc1. The fourth-order valence-electron chi connectivity index (χ4n) is 6.59. The van der Waals surface area contributed by atoms with Crippen molar-refractivity contribution in [2.75, 3.05) is 0 Å². The molecule has 0 atom stereocenters. The third-order valence-electron chi connectivity index (χ3n) is 9.43. The zero-order valence-electron chi connectivity index (χ0n) is 28.9. The van der Waals surface area contributed by atoms with Gasteiger partial charge in [0, 0.05) is 56.2 Å². The van der Waals surface area contributed by atoms with Gasteiger partial charge in [-0.3, -0.25) is 15.0 Å². The molecule has 0 unspecified atom stereocenters. The highest BCUT2D eigenvalue weighted by molar-refractivity contribution is 6.13. The lowest BCUT2D eigenvalue weighted by Crippen LogP contribution is -2.06. The first-order valence-electron chi connectivity index (χ1n) is 17.4. The number of hydrogen-bond donors (Lipinski definition) is 0. The van der Waals surface area contributed by atoms with Crippen molar-refractivity contribution >= 4 is 62.0 Å². The van der Waals surface area contributed by atoms with Gasteiger partial charge in [0.2, 0.25) is 0 Å². The third kappa shape index (κ3) is 6.37. The van der Waals surface area contributed by atoms with Crippen LogP contribution in [-0.2, 0) is 6.54 Å². The van der Waals surface area contributed by atoms with Crippen molar-refractivity contribution in [3.8, 4) is 22.5 Å². The molecule has 0 aliphatic heterocycles. The highest BCUT2D eigenvalue weighted by Crippen LogP contribution is 2.28. The predicted molar refractivity (Wildman–Crippen MR) is 218 cm³/mol. The topological polar surface area (TPSA) is 88.6 Å². The first kappa shape index (κ1) is 32.6. The minimum atomic E-state index is -0.343. The van der Waals surface area contributed by atoms with Crippen LogP contribution in [0.25, 0.3) is 66.1 Å². The van der Waals surface area contributed by atoms with Crippen LogP contribution < -0.4 is 0 Å². The van der Waals surface area contributed by atoms with Crippen molar-refractivity contribution in [2.24, 2.45) is 15.0 Å². The Labute approximate surface area is 310 Å². The largest absolute Gasteiger partial charge is 0.261 e. The highest BCUT2D eigenvalue weighted by atomic mass is 19.1. The summed E-state index contributed by atoms with van der Waals surface area (Å²) in [5.41, 5.74) is 9.54. The predicted octanol–water partition coefficient (Wildman–Crippen LogP) is 10.4. The van der Waals surface area contributed by atoms with Crippen LogP contribution >= 0.6 is 0 Å². The highest BCUT2D eigenvalue weighted by Gasteiger charge is 2.11. The summed E-state index contributed by atoms with van der Waals surface area (Å²) >= 11 is 0. The molecule has 0 aliphatic rings. The molecule has 0 spiro atoms. The Balaban J connectivity index is 1.04. The molecule has 8 heteroatoms. The number of aliphatic imine (C=N–C) groups is 3. The Hall–Kier alpha value is -7.32. The molecule has 256 valence electrons. The average molecular weight is 700 g/mol.